The molecule has 2 N–H and O–H groups in total. The molecule has 2 amide bonds. The molecule has 0 heterocycles. The predicted molar refractivity (Wildman–Crippen MR) is 97.0 cm³/mol. The zero-order chi connectivity index (χ0) is 20.0. The van der Waals surface area contributed by atoms with Crippen LogP contribution in [-0.4, -0.2) is 30.4 Å². The van der Waals surface area contributed by atoms with E-state index in [-0.39, 0.29) is 5.69 Å². The molecule has 9 heteroatoms. The van der Waals surface area contributed by atoms with E-state index in [0.29, 0.717) is 10.0 Å². The number of rotatable bonds is 6. The maximum atomic E-state index is 13.5. The number of nitrogens with one attached hydrogen (secondary N) is 2. The fraction of sp³-hybridized carbons (Fsp3) is 0.167. The van der Waals surface area contributed by atoms with Crippen LogP contribution in [0.5, 0.6) is 0 Å². The fourth-order valence-corrected chi connectivity index (χ4v) is 2.40. The number of amides is 2. The van der Waals surface area contributed by atoms with Crippen LogP contribution in [0, 0.1) is 11.6 Å². The third-order valence-corrected chi connectivity index (χ3v) is 3.84. The predicted octanol–water partition coefficient (Wildman–Crippen LogP) is 3.03. The standard InChI is InChI=1S/C18H15BrF2N2O4/c1-10(17(25)23-15-8-13(20)5-6-14(15)21)27-16(24)9-22-18(26)11-3-2-4-12(19)7-11/h2-8,10H,9H2,1H3,(H,22,26)(H,23,25). The van der Waals surface area contributed by atoms with Gasteiger partial charge >= 0.3 is 5.97 Å². The summed E-state index contributed by atoms with van der Waals surface area (Å²) in [4.78, 5) is 35.6. The van der Waals surface area contributed by atoms with Gasteiger partial charge in [-0.05, 0) is 37.3 Å². The van der Waals surface area contributed by atoms with Crippen molar-refractivity contribution >= 4 is 39.4 Å². The zero-order valence-electron chi connectivity index (χ0n) is 14.1. The zero-order valence-corrected chi connectivity index (χ0v) is 15.7. The summed E-state index contributed by atoms with van der Waals surface area (Å²) in [5.74, 6) is -3.75. The molecule has 27 heavy (non-hydrogen) atoms. The molecule has 142 valence electrons. The lowest BCUT2D eigenvalue weighted by Crippen LogP contribution is -2.36. The van der Waals surface area contributed by atoms with Crippen molar-refractivity contribution in [1.82, 2.24) is 5.32 Å². The fourth-order valence-electron chi connectivity index (χ4n) is 2.00. The number of anilines is 1. The molecular weight excluding hydrogens is 426 g/mol. The summed E-state index contributed by atoms with van der Waals surface area (Å²) >= 11 is 3.23. The van der Waals surface area contributed by atoms with Gasteiger partial charge in [-0.3, -0.25) is 14.4 Å². The summed E-state index contributed by atoms with van der Waals surface area (Å²) in [7, 11) is 0. The molecule has 0 saturated heterocycles. The van der Waals surface area contributed by atoms with Crippen molar-refractivity contribution < 1.29 is 27.9 Å². The molecule has 0 aliphatic carbocycles. The second kappa shape index (κ2) is 9.22. The highest BCUT2D eigenvalue weighted by molar-refractivity contribution is 9.10. The van der Waals surface area contributed by atoms with Crippen molar-refractivity contribution in [3.63, 3.8) is 0 Å². The van der Waals surface area contributed by atoms with Crippen molar-refractivity contribution in [1.29, 1.82) is 0 Å². The number of halogens is 3. The van der Waals surface area contributed by atoms with Crippen LogP contribution < -0.4 is 10.6 Å². The van der Waals surface area contributed by atoms with Gasteiger partial charge in [-0.15, -0.1) is 0 Å². The number of carbonyl (C=O) groups is 3. The molecule has 0 aliphatic rings. The van der Waals surface area contributed by atoms with Crippen LogP contribution in [0.25, 0.3) is 0 Å². The van der Waals surface area contributed by atoms with Gasteiger partial charge < -0.3 is 15.4 Å². The minimum Gasteiger partial charge on any atom is -0.451 e. The third kappa shape index (κ3) is 6.14. The number of hydrogen-bond acceptors (Lipinski definition) is 4. The molecule has 2 aromatic carbocycles. The summed E-state index contributed by atoms with van der Waals surface area (Å²) < 4.78 is 32.2. The average Bonchev–Trinajstić information content (AvgIpc) is 2.62. The number of esters is 1. The van der Waals surface area contributed by atoms with Gasteiger partial charge in [-0.25, -0.2) is 8.78 Å². The van der Waals surface area contributed by atoms with Crippen molar-refractivity contribution in [3.05, 3.63) is 64.1 Å². The van der Waals surface area contributed by atoms with Crippen LogP contribution >= 0.6 is 15.9 Å². The normalized spacial score (nSPS) is 11.4. The summed E-state index contributed by atoms with van der Waals surface area (Å²) in [5, 5.41) is 4.49. The van der Waals surface area contributed by atoms with Crippen molar-refractivity contribution in [2.24, 2.45) is 0 Å². The number of ether oxygens (including phenoxy) is 1. The summed E-state index contributed by atoms with van der Waals surface area (Å²) in [6.45, 7) is 0.803. The van der Waals surface area contributed by atoms with Crippen LogP contribution in [0.2, 0.25) is 0 Å². The molecule has 1 atom stereocenters. The van der Waals surface area contributed by atoms with E-state index in [4.69, 9.17) is 4.74 Å². The summed E-state index contributed by atoms with van der Waals surface area (Å²) in [5.41, 5.74) is -0.0320. The minimum absolute atomic E-state index is 0.338. The molecule has 0 spiro atoms. The Morgan fingerprint density at radius 1 is 1.15 bits per heavy atom. The van der Waals surface area contributed by atoms with E-state index in [1.807, 2.05) is 0 Å². The maximum absolute atomic E-state index is 13.5. The van der Waals surface area contributed by atoms with Gasteiger partial charge in [0, 0.05) is 16.1 Å². The summed E-state index contributed by atoms with van der Waals surface area (Å²) in [6, 6.07) is 9.11. The number of hydrogen-bond donors (Lipinski definition) is 2. The highest BCUT2D eigenvalue weighted by atomic mass is 79.9. The first kappa shape index (κ1) is 20.5. The van der Waals surface area contributed by atoms with Gasteiger partial charge in [0.05, 0.1) is 5.69 Å². The number of carbonyl (C=O) groups excluding carboxylic acids is 3. The lowest BCUT2D eigenvalue weighted by Gasteiger charge is -2.14. The Morgan fingerprint density at radius 3 is 2.59 bits per heavy atom. The van der Waals surface area contributed by atoms with Gasteiger partial charge in [-0.1, -0.05) is 22.0 Å². The van der Waals surface area contributed by atoms with Gasteiger partial charge in [0.2, 0.25) is 0 Å². The molecule has 0 saturated carbocycles. The second-order valence-corrected chi connectivity index (χ2v) is 6.35. The van der Waals surface area contributed by atoms with E-state index >= 15 is 0 Å². The molecule has 1 unspecified atom stereocenters. The Kier molecular flexibility index (Phi) is 7.00. The first-order chi connectivity index (χ1) is 12.8. The first-order valence-corrected chi connectivity index (χ1v) is 8.54. The van der Waals surface area contributed by atoms with E-state index in [9.17, 15) is 23.2 Å². The molecule has 0 bridgehead atoms. The number of benzene rings is 2. The molecule has 0 fully saturated rings. The van der Waals surface area contributed by atoms with Crippen LogP contribution in [-0.2, 0) is 14.3 Å². The van der Waals surface area contributed by atoms with Gasteiger partial charge in [0.15, 0.2) is 6.10 Å². The molecule has 0 aromatic heterocycles. The van der Waals surface area contributed by atoms with E-state index < -0.39 is 42.1 Å². The highest BCUT2D eigenvalue weighted by Crippen LogP contribution is 2.16. The lowest BCUT2D eigenvalue weighted by molar-refractivity contribution is -0.152. The molecule has 0 radical (unpaired) electrons. The van der Waals surface area contributed by atoms with Crippen LogP contribution in [0.15, 0.2) is 46.9 Å². The van der Waals surface area contributed by atoms with Crippen LogP contribution in [0.4, 0.5) is 14.5 Å². The van der Waals surface area contributed by atoms with Crippen molar-refractivity contribution in [3.8, 4) is 0 Å². The largest absolute Gasteiger partial charge is 0.451 e. The Bertz CT molecular complexity index is 876. The van der Waals surface area contributed by atoms with Crippen LogP contribution in [0.1, 0.15) is 17.3 Å². The second-order valence-electron chi connectivity index (χ2n) is 5.44. The molecule has 2 rings (SSSR count). The average molecular weight is 441 g/mol. The first-order valence-electron chi connectivity index (χ1n) is 7.75. The molecular formula is C18H15BrF2N2O4. The Balaban J connectivity index is 1.84. The van der Waals surface area contributed by atoms with Gasteiger partial charge in [-0.2, -0.15) is 0 Å². The lowest BCUT2D eigenvalue weighted by atomic mass is 10.2. The maximum Gasteiger partial charge on any atom is 0.326 e. The molecule has 6 nitrogen and oxygen atoms in total. The smallest absolute Gasteiger partial charge is 0.326 e. The van der Waals surface area contributed by atoms with Gasteiger partial charge in [0.25, 0.3) is 11.8 Å². The topological polar surface area (TPSA) is 84.5 Å². The summed E-state index contributed by atoms with van der Waals surface area (Å²) in [6.07, 6.45) is -1.28. The van der Waals surface area contributed by atoms with E-state index in [1.165, 1.54) is 6.92 Å². The monoisotopic (exact) mass is 440 g/mol. The van der Waals surface area contributed by atoms with Crippen molar-refractivity contribution in [2.75, 3.05) is 11.9 Å². The van der Waals surface area contributed by atoms with Gasteiger partial charge in [0.1, 0.15) is 18.2 Å². The highest BCUT2D eigenvalue weighted by Gasteiger charge is 2.20. The third-order valence-electron chi connectivity index (χ3n) is 3.34. The Labute approximate surface area is 162 Å². The van der Waals surface area contributed by atoms with E-state index in [2.05, 4.69) is 26.6 Å². The van der Waals surface area contributed by atoms with E-state index in [0.717, 1.165) is 18.2 Å². The minimum atomic E-state index is -1.28. The van der Waals surface area contributed by atoms with E-state index in [1.54, 1.807) is 24.3 Å². The SMILES string of the molecule is CC(OC(=O)CNC(=O)c1cccc(Br)c1)C(=O)Nc1cc(F)ccc1F. The Hall–Kier alpha value is -2.81. The Morgan fingerprint density at radius 2 is 1.89 bits per heavy atom. The molecule has 2 aromatic rings. The molecule has 0 aliphatic heterocycles. The quantitative estimate of drug-likeness (QED) is 0.676. The van der Waals surface area contributed by atoms with Crippen LogP contribution in [0.3, 0.4) is 0 Å². The van der Waals surface area contributed by atoms with Crippen molar-refractivity contribution in [2.45, 2.75) is 13.0 Å².